The van der Waals surface area contributed by atoms with E-state index in [1.807, 2.05) is 6.07 Å². The van der Waals surface area contributed by atoms with Gasteiger partial charge in [0.2, 0.25) is 0 Å². The smallest absolute Gasteiger partial charge is 0.137 e. The molecule has 5 heteroatoms. The summed E-state index contributed by atoms with van der Waals surface area (Å²) in [6.45, 7) is 12.1. The third kappa shape index (κ3) is 4.65. The van der Waals surface area contributed by atoms with Crippen molar-refractivity contribution in [1.29, 1.82) is 0 Å². The first kappa shape index (κ1) is 16.7. The average molecular weight is 355 g/mol. The Kier molecular flexibility index (Phi) is 4.93. The summed E-state index contributed by atoms with van der Waals surface area (Å²) in [5, 5.41) is 3.52. The fraction of sp³-hybridized carbons (Fsp3) is 0.750. The van der Waals surface area contributed by atoms with Crippen LogP contribution in [0.3, 0.4) is 0 Å². The van der Waals surface area contributed by atoms with Gasteiger partial charge in [-0.3, -0.25) is 0 Å². The highest BCUT2D eigenvalue weighted by molar-refractivity contribution is 9.10. The second-order valence-corrected chi connectivity index (χ2v) is 8.43. The van der Waals surface area contributed by atoms with Crippen molar-refractivity contribution in [2.24, 2.45) is 5.41 Å². The van der Waals surface area contributed by atoms with Crippen LogP contribution in [0.5, 0.6) is 0 Å². The Labute approximate surface area is 136 Å². The third-order valence-corrected chi connectivity index (χ3v) is 4.66. The SMILES string of the molecule is CN1CCC(C)(CNc2cc(Br)nc(C(C)(C)C)n2)CC1. The molecule has 21 heavy (non-hydrogen) atoms. The lowest BCUT2D eigenvalue weighted by atomic mass is 9.80. The Morgan fingerprint density at radius 1 is 1.29 bits per heavy atom. The van der Waals surface area contributed by atoms with Crippen LogP contribution in [0, 0.1) is 5.41 Å². The molecule has 1 saturated heterocycles. The summed E-state index contributed by atoms with van der Waals surface area (Å²) in [5.74, 6) is 1.79. The molecule has 1 aliphatic rings. The maximum atomic E-state index is 4.67. The van der Waals surface area contributed by atoms with Crippen LogP contribution in [-0.2, 0) is 5.41 Å². The lowest BCUT2D eigenvalue weighted by molar-refractivity contribution is 0.150. The Morgan fingerprint density at radius 2 is 1.90 bits per heavy atom. The van der Waals surface area contributed by atoms with Crippen LogP contribution in [0.4, 0.5) is 5.82 Å². The van der Waals surface area contributed by atoms with Gasteiger partial charge in [0.25, 0.3) is 0 Å². The number of anilines is 1. The van der Waals surface area contributed by atoms with E-state index in [0.717, 1.165) is 22.8 Å². The van der Waals surface area contributed by atoms with Crippen LogP contribution in [0.2, 0.25) is 0 Å². The Morgan fingerprint density at radius 3 is 2.48 bits per heavy atom. The zero-order valence-corrected chi connectivity index (χ0v) is 15.4. The molecule has 1 aromatic rings. The highest BCUT2D eigenvalue weighted by atomic mass is 79.9. The number of piperidine rings is 1. The van der Waals surface area contributed by atoms with E-state index in [1.54, 1.807) is 0 Å². The molecule has 0 aliphatic carbocycles. The maximum Gasteiger partial charge on any atom is 0.137 e. The van der Waals surface area contributed by atoms with Gasteiger partial charge < -0.3 is 10.2 Å². The van der Waals surface area contributed by atoms with Gasteiger partial charge in [0.1, 0.15) is 16.2 Å². The summed E-state index contributed by atoms with van der Waals surface area (Å²) in [5.41, 5.74) is 0.309. The second kappa shape index (κ2) is 6.21. The molecule has 0 spiro atoms. The zero-order chi connectivity index (χ0) is 15.7. The van der Waals surface area contributed by atoms with Gasteiger partial charge in [0.15, 0.2) is 0 Å². The quantitative estimate of drug-likeness (QED) is 0.840. The summed E-state index contributed by atoms with van der Waals surface area (Å²) in [7, 11) is 2.20. The molecular weight excluding hydrogens is 328 g/mol. The highest BCUT2D eigenvalue weighted by Crippen LogP contribution is 2.31. The van der Waals surface area contributed by atoms with E-state index in [1.165, 1.54) is 25.9 Å². The summed E-state index contributed by atoms with van der Waals surface area (Å²) >= 11 is 3.49. The van der Waals surface area contributed by atoms with Crippen LogP contribution in [0.15, 0.2) is 10.7 Å². The van der Waals surface area contributed by atoms with Crippen molar-refractivity contribution in [3.8, 4) is 0 Å². The van der Waals surface area contributed by atoms with E-state index in [9.17, 15) is 0 Å². The molecular formula is C16H27BrN4. The maximum absolute atomic E-state index is 4.67. The summed E-state index contributed by atoms with van der Waals surface area (Å²) < 4.78 is 0.846. The van der Waals surface area contributed by atoms with Gasteiger partial charge in [-0.15, -0.1) is 0 Å². The molecule has 1 aromatic heterocycles. The fourth-order valence-corrected chi connectivity index (χ4v) is 2.87. The fourth-order valence-electron chi connectivity index (χ4n) is 2.48. The first-order chi connectivity index (χ1) is 9.68. The van der Waals surface area contributed by atoms with Crippen LogP contribution in [0.1, 0.15) is 46.4 Å². The molecule has 0 bridgehead atoms. The third-order valence-electron chi connectivity index (χ3n) is 4.26. The molecule has 2 rings (SSSR count). The minimum Gasteiger partial charge on any atom is -0.369 e. The molecule has 0 aromatic carbocycles. The molecule has 0 amide bonds. The average Bonchev–Trinajstić information content (AvgIpc) is 2.39. The molecule has 118 valence electrons. The van der Waals surface area contributed by atoms with Gasteiger partial charge in [0.05, 0.1) is 0 Å². The van der Waals surface area contributed by atoms with Gasteiger partial charge in [0, 0.05) is 18.0 Å². The van der Waals surface area contributed by atoms with E-state index < -0.39 is 0 Å². The normalized spacial score (nSPS) is 19.5. The molecule has 0 atom stereocenters. The molecule has 1 N–H and O–H groups in total. The number of halogens is 1. The van der Waals surface area contributed by atoms with Crippen molar-refractivity contribution >= 4 is 21.7 Å². The van der Waals surface area contributed by atoms with E-state index >= 15 is 0 Å². The number of aromatic nitrogens is 2. The number of nitrogens with one attached hydrogen (secondary N) is 1. The topological polar surface area (TPSA) is 41.0 Å². The van der Waals surface area contributed by atoms with Crippen molar-refractivity contribution in [2.45, 2.75) is 46.0 Å². The zero-order valence-electron chi connectivity index (χ0n) is 13.8. The monoisotopic (exact) mass is 354 g/mol. The van der Waals surface area contributed by atoms with Crippen LogP contribution in [-0.4, -0.2) is 41.5 Å². The van der Waals surface area contributed by atoms with Gasteiger partial charge in [-0.1, -0.05) is 27.7 Å². The molecule has 1 fully saturated rings. The Balaban J connectivity index is 2.05. The first-order valence-electron chi connectivity index (χ1n) is 7.65. The van der Waals surface area contributed by atoms with Crippen LogP contribution < -0.4 is 5.32 Å². The summed E-state index contributed by atoms with van der Waals surface area (Å²) in [6, 6.07) is 1.97. The van der Waals surface area contributed by atoms with E-state index in [4.69, 9.17) is 0 Å². The van der Waals surface area contributed by atoms with E-state index in [2.05, 4.69) is 70.9 Å². The second-order valence-electron chi connectivity index (χ2n) is 7.62. The first-order valence-corrected chi connectivity index (χ1v) is 8.45. The van der Waals surface area contributed by atoms with Crippen molar-refractivity contribution in [1.82, 2.24) is 14.9 Å². The Bertz CT molecular complexity index is 488. The number of hydrogen-bond donors (Lipinski definition) is 1. The van der Waals surface area contributed by atoms with Gasteiger partial charge in [-0.05, 0) is 54.3 Å². The number of likely N-dealkylation sites (tertiary alicyclic amines) is 1. The number of hydrogen-bond acceptors (Lipinski definition) is 4. The van der Waals surface area contributed by atoms with Gasteiger partial charge in [-0.25, -0.2) is 9.97 Å². The minimum atomic E-state index is -0.0440. The predicted molar refractivity (Wildman–Crippen MR) is 91.8 cm³/mol. The van der Waals surface area contributed by atoms with Crippen molar-refractivity contribution in [3.63, 3.8) is 0 Å². The van der Waals surface area contributed by atoms with Crippen LogP contribution >= 0.6 is 15.9 Å². The molecule has 0 radical (unpaired) electrons. The van der Waals surface area contributed by atoms with E-state index in [-0.39, 0.29) is 5.41 Å². The molecule has 1 aliphatic heterocycles. The predicted octanol–water partition coefficient (Wildman–Crippen LogP) is 3.68. The summed E-state index contributed by atoms with van der Waals surface area (Å²) in [6.07, 6.45) is 2.46. The Hall–Kier alpha value is -0.680. The molecule has 0 unspecified atom stereocenters. The summed E-state index contributed by atoms with van der Waals surface area (Å²) in [4.78, 5) is 11.6. The largest absolute Gasteiger partial charge is 0.369 e. The van der Waals surface area contributed by atoms with E-state index in [0.29, 0.717) is 5.41 Å². The van der Waals surface area contributed by atoms with Crippen molar-refractivity contribution in [2.75, 3.05) is 32.0 Å². The lowest BCUT2D eigenvalue weighted by Crippen LogP contribution is -2.40. The van der Waals surface area contributed by atoms with Gasteiger partial charge in [-0.2, -0.15) is 0 Å². The standard InChI is InChI=1S/C16H27BrN4/c1-15(2,3)14-19-12(17)10-13(20-14)18-11-16(4)6-8-21(5)9-7-16/h10H,6-9,11H2,1-5H3,(H,18,19,20). The molecule has 4 nitrogen and oxygen atoms in total. The number of nitrogens with zero attached hydrogens (tertiary/aromatic N) is 3. The molecule has 2 heterocycles. The van der Waals surface area contributed by atoms with Crippen molar-refractivity contribution in [3.05, 3.63) is 16.5 Å². The highest BCUT2D eigenvalue weighted by Gasteiger charge is 2.29. The van der Waals surface area contributed by atoms with Crippen molar-refractivity contribution < 1.29 is 0 Å². The lowest BCUT2D eigenvalue weighted by Gasteiger charge is -2.38. The number of rotatable bonds is 3. The van der Waals surface area contributed by atoms with Gasteiger partial charge >= 0.3 is 0 Å². The minimum absolute atomic E-state index is 0.0440. The molecule has 0 saturated carbocycles. The van der Waals surface area contributed by atoms with Crippen LogP contribution in [0.25, 0.3) is 0 Å².